The molecule has 0 saturated heterocycles. The van der Waals surface area contributed by atoms with Crippen LogP contribution in [0.5, 0.6) is 5.75 Å². The Balaban J connectivity index is 2.27. The molecule has 6 heteroatoms. The van der Waals surface area contributed by atoms with Gasteiger partial charge in [0.2, 0.25) is 0 Å². The van der Waals surface area contributed by atoms with Gasteiger partial charge in [-0.05, 0) is 18.8 Å². The first-order valence-electron chi connectivity index (χ1n) is 5.37. The molecule has 0 aromatic heterocycles. The molecule has 0 aliphatic heterocycles. The van der Waals surface area contributed by atoms with Gasteiger partial charge in [-0.2, -0.15) is 0 Å². The van der Waals surface area contributed by atoms with Crippen LogP contribution in [0.3, 0.4) is 0 Å². The van der Waals surface area contributed by atoms with Crippen molar-refractivity contribution in [2.45, 2.75) is 12.8 Å². The van der Waals surface area contributed by atoms with Crippen molar-refractivity contribution >= 4 is 11.4 Å². The first-order valence-corrected chi connectivity index (χ1v) is 5.37. The number of anilines is 1. The first-order chi connectivity index (χ1) is 8.11. The van der Waals surface area contributed by atoms with Crippen molar-refractivity contribution in [3.8, 4) is 5.75 Å². The molecular weight excluding hydrogens is 227 g/mol. The predicted molar refractivity (Wildman–Crippen MR) is 60.8 cm³/mol. The molecule has 0 amide bonds. The molecule has 0 bridgehead atoms. The van der Waals surface area contributed by atoms with Crippen molar-refractivity contribution in [2.75, 3.05) is 19.0 Å². The molecule has 1 aliphatic rings. The summed E-state index contributed by atoms with van der Waals surface area (Å²) in [6.07, 6.45) is 2.28. The summed E-state index contributed by atoms with van der Waals surface area (Å²) >= 11 is 0. The molecule has 92 valence electrons. The SMILES string of the molecule is COc1cc(NCC2CC2)c([N+](=O)[O-])cc1F. The first kappa shape index (κ1) is 11.6. The van der Waals surface area contributed by atoms with E-state index in [0.29, 0.717) is 18.2 Å². The Bertz CT molecular complexity index is 447. The molecule has 0 unspecified atom stereocenters. The van der Waals surface area contributed by atoms with Crippen LogP contribution in [0.15, 0.2) is 12.1 Å². The standard InChI is InChI=1S/C11H13FN2O3/c1-17-11-5-9(13-6-7-2-3-7)10(14(15)16)4-8(11)12/h4-5,7,13H,2-3,6H2,1H3. The minimum Gasteiger partial charge on any atom is -0.494 e. The molecule has 1 N–H and O–H groups in total. The lowest BCUT2D eigenvalue weighted by Gasteiger charge is -2.09. The lowest BCUT2D eigenvalue weighted by Crippen LogP contribution is -2.06. The van der Waals surface area contributed by atoms with Crippen LogP contribution >= 0.6 is 0 Å². The van der Waals surface area contributed by atoms with Gasteiger partial charge >= 0.3 is 0 Å². The molecule has 5 nitrogen and oxygen atoms in total. The quantitative estimate of drug-likeness (QED) is 0.634. The third kappa shape index (κ3) is 2.64. The van der Waals surface area contributed by atoms with Crippen LogP contribution in [-0.2, 0) is 0 Å². The monoisotopic (exact) mass is 240 g/mol. The maximum atomic E-state index is 13.3. The van der Waals surface area contributed by atoms with E-state index in [9.17, 15) is 14.5 Å². The average molecular weight is 240 g/mol. The molecule has 0 radical (unpaired) electrons. The number of nitrogens with one attached hydrogen (secondary N) is 1. The molecule has 0 spiro atoms. The highest BCUT2D eigenvalue weighted by molar-refractivity contribution is 5.64. The minimum atomic E-state index is -0.726. The fourth-order valence-corrected chi connectivity index (χ4v) is 1.57. The molecule has 1 aromatic rings. The van der Waals surface area contributed by atoms with Crippen LogP contribution in [0.1, 0.15) is 12.8 Å². The van der Waals surface area contributed by atoms with E-state index in [2.05, 4.69) is 5.32 Å². The summed E-state index contributed by atoms with van der Waals surface area (Å²) in [7, 11) is 1.33. The number of halogens is 1. The van der Waals surface area contributed by atoms with Gasteiger partial charge in [-0.15, -0.1) is 0 Å². The van der Waals surface area contributed by atoms with Gasteiger partial charge in [0.25, 0.3) is 5.69 Å². The largest absolute Gasteiger partial charge is 0.494 e. The van der Waals surface area contributed by atoms with E-state index in [4.69, 9.17) is 4.74 Å². The fraction of sp³-hybridized carbons (Fsp3) is 0.455. The Kier molecular flexibility index (Phi) is 3.12. The highest BCUT2D eigenvalue weighted by atomic mass is 19.1. The van der Waals surface area contributed by atoms with Gasteiger partial charge in [-0.1, -0.05) is 0 Å². The molecule has 2 rings (SSSR count). The average Bonchev–Trinajstić information content (AvgIpc) is 3.10. The summed E-state index contributed by atoms with van der Waals surface area (Å²) in [5.74, 6) is -0.143. The van der Waals surface area contributed by atoms with E-state index >= 15 is 0 Å². The highest BCUT2D eigenvalue weighted by Crippen LogP contribution is 2.34. The summed E-state index contributed by atoms with van der Waals surface area (Å²) < 4.78 is 18.1. The number of methoxy groups -OCH3 is 1. The molecule has 1 aliphatic carbocycles. The van der Waals surface area contributed by atoms with E-state index in [1.807, 2.05) is 0 Å². The lowest BCUT2D eigenvalue weighted by molar-refractivity contribution is -0.384. The van der Waals surface area contributed by atoms with Crippen molar-refractivity contribution in [1.29, 1.82) is 0 Å². The van der Waals surface area contributed by atoms with Gasteiger partial charge < -0.3 is 10.1 Å². The van der Waals surface area contributed by atoms with Gasteiger partial charge in [-0.3, -0.25) is 10.1 Å². The summed E-state index contributed by atoms with van der Waals surface area (Å²) in [6, 6.07) is 2.21. The number of nitrogens with zero attached hydrogens (tertiary/aromatic N) is 1. The summed E-state index contributed by atoms with van der Waals surface area (Å²) in [4.78, 5) is 10.2. The number of nitro benzene ring substituents is 1. The zero-order chi connectivity index (χ0) is 12.4. The van der Waals surface area contributed by atoms with Crippen LogP contribution in [0.4, 0.5) is 15.8 Å². The van der Waals surface area contributed by atoms with E-state index in [1.165, 1.54) is 13.2 Å². The third-order valence-electron chi connectivity index (χ3n) is 2.74. The highest BCUT2D eigenvalue weighted by Gasteiger charge is 2.24. The second-order valence-electron chi connectivity index (χ2n) is 4.09. The number of nitro groups is 1. The number of rotatable bonds is 5. The number of hydrogen-bond donors (Lipinski definition) is 1. The second-order valence-corrected chi connectivity index (χ2v) is 4.09. The van der Waals surface area contributed by atoms with Crippen molar-refractivity contribution in [3.05, 3.63) is 28.1 Å². The van der Waals surface area contributed by atoms with Gasteiger partial charge in [0, 0.05) is 12.6 Å². The smallest absolute Gasteiger partial charge is 0.295 e. The zero-order valence-electron chi connectivity index (χ0n) is 9.40. The Labute approximate surface area is 97.7 Å². The zero-order valence-corrected chi connectivity index (χ0v) is 9.40. The molecule has 1 aromatic carbocycles. The summed E-state index contributed by atoms with van der Waals surface area (Å²) in [5.41, 5.74) is 0.0455. The van der Waals surface area contributed by atoms with Gasteiger partial charge in [0.1, 0.15) is 5.69 Å². The molecule has 0 atom stereocenters. The maximum absolute atomic E-state index is 13.3. The van der Waals surface area contributed by atoms with Crippen molar-refractivity contribution in [2.24, 2.45) is 5.92 Å². The Morgan fingerprint density at radius 3 is 2.82 bits per heavy atom. The normalized spacial score (nSPS) is 14.5. The number of benzene rings is 1. The van der Waals surface area contributed by atoms with Crippen molar-refractivity contribution in [3.63, 3.8) is 0 Å². The van der Waals surface area contributed by atoms with Gasteiger partial charge in [0.05, 0.1) is 18.1 Å². The van der Waals surface area contributed by atoms with Crippen LogP contribution in [-0.4, -0.2) is 18.6 Å². The fourth-order valence-electron chi connectivity index (χ4n) is 1.57. The summed E-state index contributed by atoms with van der Waals surface area (Å²) in [6.45, 7) is 0.676. The predicted octanol–water partition coefficient (Wildman–Crippen LogP) is 2.56. The molecule has 0 heterocycles. The lowest BCUT2D eigenvalue weighted by atomic mass is 10.2. The Hall–Kier alpha value is -1.85. The van der Waals surface area contributed by atoms with E-state index in [-0.39, 0.29) is 11.4 Å². The molecule has 1 saturated carbocycles. The van der Waals surface area contributed by atoms with Gasteiger partial charge in [-0.25, -0.2) is 4.39 Å². The second kappa shape index (κ2) is 4.57. The molecular formula is C11H13FN2O3. The van der Waals surface area contributed by atoms with Crippen LogP contribution in [0.2, 0.25) is 0 Å². The van der Waals surface area contributed by atoms with Crippen molar-refractivity contribution < 1.29 is 14.1 Å². The van der Waals surface area contributed by atoms with Crippen LogP contribution < -0.4 is 10.1 Å². The maximum Gasteiger partial charge on any atom is 0.295 e. The molecule has 17 heavy (non-hydrogen) atoms. The Morgan fingerprint density at radius 2 is 2.29 bits per heavy atom. The van der Waals surface area contributed by atoms with E-state index in [1.54, 1.807) is 0 Å². The minimum absolute atomic E-state index is 0.00824. The molecule has 1 fully saturated rings. The van der Waals surface area contributed by atoms with Crippen molar-refractivity contribution in [1.82, 2.24) is 0 Å². The Morgan fingerprint density at radius 1 is 1.59 bits per heavy atom. The topological polar surface area (TPSA) is 64.4 Å². The number of ether oxygens (including phenoxy) is 1. The van der Waals surface area contributed by atoms with Crippen LogP contribution in [0.25, 0.3) is 0 Å². The third-order valence-corrected chi connectivity index (χ3v) is 2.74. The van der Waals surface area contributed by atoms with E-state index < -0.39 is 10.7 Å². The number of hydrogen-bond acceptors (Lipinski definition) is 4. The van der Waals surface area contributed by atoms with Crippen LogP contribution in [0, 0.1) is 21.8 Å². The van der Waals surface area contributed by atoms with E-state index in [0.717, 1.165) is 18.9 Å². The summed E-state index contributed by atoms with van der Waals surface area (Å²) in [5, 5.41) is 13.8. The van der Waals surface area contributed by atoms with Gasteiger partial charge in [0.15, 0.2) is 11.6 Å².